The van der Waals surface area contributed by atoms with Gasteiger partial charge in [0, 0.05) is 24.7 Å². The number of unbranched alkanes of at least 4 members (excludes halogenated alkanes) is 1. The molecule has 0 fully saturated rings. The molecule has 0 saturated carbocycles. The number of nitrogens with zero attached hydrogens (tertiary/aromatic N) is 2. The topological polar surface area (TPSA) is 59.1 Å². The summed E-state index contributed by atoms with van der Waals surface area (Å²) in [5.74, 6) is 0.877. The van der Waals surface area contributed by atoms with Crippen molar-refractivity contribution in [3.63, 3.8) is 0 Å². The Bertz CT molecular complexity index is 905. The minimum atomic E-state index is -0.191. The minimum absolute atomic E-state index is 0.00232. The fourth-order valence-corrected chi connectivity index (χ4v) is 4.08. The van der Waals surface area contributed by atoms with Crippen molar-refractivity contribution in [3.8, 4) is 11.5 Å². The molecule has 2 amide bonds. The van der Waals surface area contributed by atoms with Crippen LogP contribution in [0.3, 0.4) is 0 Å². The lowest BCUT2D eigenvalue weighted by atomic mass is 9.93. The summed E-state index contributed by atoms with van der Waals surface area (Å²) in [6.45, 7) is 5.38. The quantitative estimate of drug-likeness (QED) is 0.640. The molecule has 0 aromatic heterocycles. The first-order valence-corrected chi connectivity index (χ1v) is 10.9. The maximum Gasteiger partial charge on any atom is 0.254 e. The summed E-state index contributed by atoms with van der Waals surface area (Å²) in [6.07, 6.45) is 2.60. The van der Waals surface area contributed by atoms with E-state index in [0.717, 1.165) is 19.3 Å². The van der Waals surface area contributed by atoms with Gasteiger partial charge in [-0.3, -0.25) is 9.59 Å². The highest BCUT2D eigenvalue weighted by Crippen LogP contribution is 2.29. The van der Waals surface area contributed by atoms with Crippen LogP contribution in [-0.2, 0) is 11.2 Å². The lowest BCUT2D eigenvalue weighted by Crippen LogP contribution is -2.46. The summed E-state index contributed by atoms with van der Waals surface area (Å²) in [5.41, 5.74) is 2.93. The van der Waals surface area contributed by atoms with Crippen LogP contribution in [0, 0.1) is 0 Å². The number of hydrogen-bond donors (Lipinski definition) is 0. The molecular weight excluding hydrogens is 392 g/mol. The van der Waals surface area contributed by atoms with Crippen molar-refractivity contribution in [2.24, 2.45) is 0 Å². The lowest BCUT2D eigenvalue weighted by Gasteiger charge is -2.36. The number of benzene rings is 2. The number of fused-ring (bicyclic) bond motifs is 1. The Morgan fingerprint density at radius 3 is 2.42 bits per heavy atom. The Labute approximate surface area is 184 Å². The molecule has 1 aliphatic rings. The van der Waals surface area contributed by atoms with Gasteiger partial charge in [-0.15, -0.1) is 0 Å². The number of rotatable bonds is 8. The maximum absolute atomic E-state index is 13.3. The van der Waals surface area contributed by atoms with E-state index in [1.54, 1.807) is 37.3 Å². The van der Waals surface area contributed by atoms with E-state index in [2.05, 4.69) is 26.0 Å². The second kappa shape index (κ2) is 10.3. The van der Waals surface area contributed by atoms with E-state index in [1.165, 1.54) is 11.1 Å². The molecule has 2 aromatic carbocycles. The van der Waals surface area contributed by atoms with Crippen molar-refractivity contribution in [1.82, 2.24) is 9.80 Å². The van der Waals surface area contributed by atoms with Gasteiger partial charge in [-0.05, 0) is 43.0 Å². The van der Waals surface area contributed by atoms with Crippen LogP contribution >= 0.6 is 0 Å². The zero-order valence-electron chi connectivity index (χ0n) is 18.9. The number of amides is 2. The molecular formula is C25H32N2O4. The summed E-state index contributed by atoms with van der Waals surface area (Å²) in [4.78, 5) is 30.1. The first-order chi connectivity index (χ1) is 15.0. The zero-order chi connectivity index (χ0) is 22.4. The van der Waals surface area contributed by atoms with Gasteiger partial charge in [-0.25, -0.2) is 0 Å². The summed E-state index contributed by atoms with van der Waals surface area (Å²) < 4.78 is 10.6. The van der Waals surface area contributed by atoms with E-state index in [4.69, 9.17) is 9.47 Å². The van der Waals surface area contributed by atoms with Gasteiger partial charge < -0.3 is 19.3 Å². The Morgan fingerprint density at radius 2 is 1.77 bits per heavy atom. The zero-order valence-corrected chi connectivity index (χ0v) is 18.9. The third kappa shape index (κ3) is 5.19. The summed E-state index contributed by atoms with van der Waals surface area (Å²) >= 11 is 0. The Kier molecular flexibility index (Phi) is 7.55. The molecule has 1 heterocycles. The average molecular weight is 425 g/mol. The first kappa shape index (κ1) is 22.7. The predicted octanol–water partition coefficient (Wildman–Crippen LogP) is 4.09. The third-order valence-corrected chi connectivity index (χ3v) is 5.91. The Balaban J connectivity index is 1.80. The van der Waals surface area contributed by atoms with Crippen LogP contribution in [0.4, 0.5) is 0 Å². The van der Waals surface area contributed by atoms with Crippen LogP contribution < -0.4 is 9.47 Å². The van der Waals surface area contributed by atoms with Gasteiger partial charge in [-0.1, -0.05) is 37.6 Å². The summed E-state index contributed by atoms with van der Waals surface area (Å²) in [7, 11) is 3.11. The molecule has 0 bridgehead atoms. The van der Waals surface area contributed by atoms with Crippen molar-refractivity contribution < 1.29 is 19.1 Å². The van der Waals surface area contributed by atoms with Gasteiger partial charge in [-0.2, -0.15) is 0 Å². The minimum Gasteiger partial charge on any atom is -0.497 e. The molecule has 0 saturated heterocycles. The van der Waals surface area contributed by atoms with Crippen molar-refractivity contribution >= 4 is 11.8 Å². The second-order valence-electron chi connectivity index (χ2n) is 7.89. The molecule has 6 heteroatoms. The van der Waals surface area contributed by atoms with E-state index in [0.29, 0.717) is 30.2 Å². The highest BCUT2D eigenvalue weighted by molar-refractivity contribution is 5.97. The molecule has 3 rings (SSSR count). The molecule has 0 spiro atoms. The van der Waals surface area contributed by atoms with Crippen molar-refractivity contribution in [2.75, 3.05) is 33.9 Å². The van der Waals surface area contributed by atoms with Crippen LogP contribution in [0.25, 0.3) is 0 Å². The predicted molar refractivity (Wildman–Crippen MR) is 121 cm³/mol. The number of ether oxygens (including phenoxy) is 2. The molecule has 1 aliphatic heterocycles. The van der Waals surface area contributed by atoms with Crippen molar-refractivity contribution in [3.05, 3.63) is 59.2 Å². The van der Waals surface area contributed by atoms with E-state index in [-0.39, 0.29) is 24.4 Å². The summed E-state index contributed by atoms with van der Waals surface area (Å²) in [5, 5.41) is 0. The Morgan fingerprint density at radius 1 is 1.10 bits per heavy atom. The standard InChI is InChI=1S/C25H32N2O4/c1-5-6-12-26(25(29)20-14-21(30-3)16-22(15-20)31-4)17-24(28)27-13-11-19-9-7-8-10-23(19)18(27)2/h7-10,14-16,18H,5-6,11-13,17H2,1-4H3. The number of carbonyl (C=O) groups is 2. The van der Waals surface area contributed by atoms with E-state index < -0.39 is 0 Å². The highest BCUT2D eigenvalue weighted by atomic mass is 16.5. The number of methoxy groups -OCH3 is 2. The van der Waals surface area contributed by atoms with Gasteiger partial charge >= 0.3 is 0 Å². The SMILES string of the molecule is CCCCN(CC(=O)N1CCc2ccccc2C1C)C(=O)c1cc(OC)cc(OC)c1. The number of carbonyl (C=O) groups excluding carboxylic acids is 2. The van der Waals surface area contributed by atoms with Crippen molar-refractivity contribution in [1.29, 1.82) is 0 Å². The molecule has 0 radical (unpaired) electrons. The van der Waals surface area contributed by atoms with Crippen LogP contribution in [0.1, 0.15) is 54.2 Å². The molecule has 0 aliphatic carbocycles. The van der Waals surface area contributed by atoms with Gasteiger partial charge in [0.2, 0.25) is 5.91 Å². The molecule has 166 valence electrons. The maximum atomic E-state index is 13.3. The smallest absolute Gasteiger partial charge is 0.254 e. The second-order valence-corrected chi connectivity index (χ2v) is 7.89. The molecule has 2 aromatic rings. The first-order valence-electron chi connectivity index (χ1n) is 10.9. The van der Waals surface area contributed by atoms with Gasteiger partial charge in [0.25, 0.3) is 5.91 Å². The number of hydrogen-bond acceptors (Lipinski definition) is 4. The van der Waals surface area contributed by atoms with Crippen LogP contribution in [0.2, 0.25) is 0 Å². The summed E-state index contributed by atoms with van der Waals surface area (Å²) in [6, 6.07) is 13.4. The third-order valence-electron chi connectivity index (χ3n) is 5.91. The van der Waals surface area contributed by atoms with Crippen LogP contribution in [0.5, 0.6) is 11.5 Å². The Hall–Kier alpha value is -3.02. The molecule has 1 atom stereocenters. The van der Waals surface area contributed by atoms with Gasteiger partial charge in [0.05, 0.1) is 20.3 Å². The van der Waals surface area contributed by atoms with Gasteiger partial charge in [0.1, 0.15) is 18.0 Å². The highest BCUT2D eigenvalue weighted by Gasteiger charge is 2.29. The average Bonchev–Trinajstić information content (AvgIpc) is 2.81. The van der Waals surface area contributed by atoms with Gasteiger partial charge in [0.15, 0.2) is 0 Å². The van der Waals surface area contributed by atoms with E-state index >= 15 is 0 Å². The van der Waals surface area contributed by atoms with Crippen molar-refractivity contribution in [2.45, 2.75) is 39.2 Å². The molecule has 6 nitrogen and oxygen atoms in total. The fraction of sp³-hybridized carbons (Fsp3) is 0.440. The monoisotopic (exact) mass is 424 g/mol. The van der Waals surface area contributed by atoms with E-state index in [1.807, 2.05) is 17.0 Å². The lowest BCUT2D eigenvalue weighted by molar-refractivity contribution is -0.134. The molecule has 1 unspecified atom stereocenters. The normalized spacial score (nSPS) is 15.2. The largest absolute Gasteiger partial charge is 0.497 e. The molecule has 0 N–H and O–H groups in total. The fourth-order valence-electron chi connectivity index (χ4n) is 4.08. The van der Waals surface area contributed by atoms with Crippen LogP contribution in [-0.4, -0.2) is 55.5 Å². The van der Waals surface area contributed by atoms with E-state index in [9.17, 15) is 9.59 Å². The molecule has 31 heavy (non-hydrogen) atoms. The van der Waals surface area contributed by atoms with Crippen LogP contribution in [0.15, 0.2) is 42.5 Å².